The molecule has 1 aliphatic rings. The molecule has 0 atom stereocenters. The third-order valence-corrected chi connectivity index (χ3v) is 5.05. The average molecular weight is 393 g/mol. The molecular formula is C22H23N3O4. The molecule has 1 amide bonds. The number of ether oxygens (including phenoxy) is 2. The van der Waals surface area contributed by atoms with Gasteiger partial charge in [-0.15, -0.1) is 0 Å². The smallest absolute Gasteiger partial charge is 0.261 e. The van der Waals surface area contributed by atoms with Crippen molar-refractivity contribution < 1.29 is 14.3 Å². The number of amides is 1. The summed E-state index contributed by atoms with van der Waals surface area (Å²) in [6, 6.07) is 14.8. The van der Waals surface area contributed by atoms with Crippen molar-refractivity contribution in [3.05, 3.63) is 70.3 Å². The van der Waals surface area contributed by atoms with E-state index in [1.807, 2.05) is 37.3 Å². The molecular weight excluding hydrogens is 370 g/mol. The van der Waals surface area contributed by atoms with Crippen molar-refractivity contribution >= 4 is 16.8 Å². The van der Waals surface area contributed by atoms with Gasteiger partial charge in [0.05, 0.1) is 24.1 Å². The Bertz CT molecular complexity index is 1090. The van der Waals surface area contributed by atoms with Crippen molar-refractivity contribution in [1.82, 2.24) is 14.5 Å². The summed E-state index contributed by atoms with van der Waals surface area (Å²) in [7, 11) is 0. The highest BCUT2D eigenvalue weighted by molar-refractivity contribution is 5.79. The van der Waals surface area contributed by atoms with Crippen LogP contribution in [0.15, 0.2) is 53.3 Å². The van der Waals surface area contributed by atoms with Crippen molar-refractivity contribution in [3.63, 3.8) is 0 Å². The minimum atomic E-state index is -0.236. The van der Waals surface area contributed by atoms with Crippen LogP contribution < -0.4 is 10.3 Å². The normalized spacial score (nSPS) is 14.2. The summed E-state index contributed by atoms with van der Waals surface area (Å²) in [6.45, 7) is 4.08. The van der Waals surface area contributed by atoms with Gasteiger partial charge in [0.25, 0.3) is 5.56 Å². The predicted octanol–water partition coefficient (Wildman–Crippen LogP) is 2.14. The van der Waals surface area contributed by atoms with Gasteiger partial charge in [-0.3, -0.25) is 14.2 Å². The number of morpholine rings is 1. The van der Waals surface area contributed by atoms with E-state index in [-0.39, 0.29) is 24.6 Å². The number of carbonyl (C=O) groups is 1. The van der Waals surface area contributed by atoms with Gasteiger partial charge in [-0.05, 0) is 30.7 Å². The number of aryl methyl sites for hydroxylation is 1. The third kappa shape index (κ3) is 4.14. The molecule has 0 bridgehead atoms. The van der Waals surface area contributed by atoms with Crippen LogP contribution in [-0.4, -0.2) is 46.7 Å². The molecule has 7 nitrogen and oxygen atoms in total. The number of aromatic nitrogens is 2. The quantitative estimate of drug-likeness (QED) is 0.664. The molecule has 2 aromatic carbocycles. The maximum atomic E-state index is 13.1. The van der Waals surface area contributed by atoms with Gasteiger partial charge in [-0.25, -0.2) is 4.98 Å². The Labute approximate surface area is 168 Å². The van der Waals surface area contributed by atoms with Crippen LogP contribution in [0.5, 0.6) is 5.75 Å². The zero-order valence-electron chi connectivity index (χ0n) is 16.3. The Morgan fingerprint density at radius 3 is 2.62 bits per heavy atom. The van der Waals surface area contributed by atoms with Crippen LogP contribution in [0.3, 0.4) is 0 Å². The number of para-hydroxylation sites is 2. The highest BCUT2D eigenvalue weighted by Crippen LogP contribution is 2.18. The van der Waals surface area contributed by atoms with Crippen LogP contribution in [0.1, 0.15) is 11.4 Å². The first-order valence-electron chi connectivity index (χ1n) is 9.66. The molecule has 150 valence electrons. The molecule has 1 fully saturated rings. The van der Waals surface area contributed by atoms with E-state index in [1.165, 1.54) is 4.57 Å². The van der Waals surface area contributed by atoms with Gasteiger partial charge in [0.15, 0.2) is 5.82 Å². The number of carbonyl (C=O) groups excluding carboxylic acids is 1. The second-order valence-corrected chi connectivity index (χ2v) is 6.98. The standard InChI is InChI=1S/C22H23N3O4/c1-16-6-2-5-9-19(16)29-15-20-23-18-8-4-3-7-17(18)22(27)25(20)14-21(26)24-10-12-28-13-11-24/h2-9H,10-15H2,1H3. The van der Waals surface area contributed by atoms with Crippen molar-refractivity contribution in [2.75, 3.05) is 26.3 Å². The Balaban J connectivity index is 1.67. The maximum Gasteiger partial charge on any atom is 0.261 e. The fourth-order valence-corrected chi connectivity index (χ4v) is 3.40. The van der Waals surface area contributed by atoms with Crippen molar-refractivity contribution in [2.24, 2.45) is 0 Å². The minimum absolute atomic E-state index is 0.0663. The van der Waals surface area contributed by atoms with Crippen LogP contribution in [0.4, 0.5) is 0 Å². The Morgan fingerprint density at radius 1 is 1.10 bits per heavy atom. The zero-order valence-corrected chi connectivity index (χ0v) is 16.3. The molecule has 7 heteroatoms. The van der Waals surface area contributed by atoms with Crippen LogP contribution >= 0.6 is 0 Å². The van der Waals surface area contributed by atoms with Crippen LogP contribution in [0.2, 0.25) is 0 Å². The second kappa shape index (κ2) is 8.45. The lowest BCUT2D eigenvalue weighted by atomic mass is 10.2. The summed E-state index contributed by atoms with van der Waals surface area (Å²) in [5.74, 6) is 1.03. The molecule has 4 rings (SSSR count). The summed E-state index contributed by atoms with van der Waals surface area (Å²) >= 11 is 0. The van der Waals surface area contributed by atoms with Gasteiger partial charge >= 0.3 is 0 Å². The lowest BCUT2D eigenvalue weighted by molar-refractivity contribution is -0.136. The van der Waals surface area contributed by atoms with Crippen LogP contribution in [0, 0.1) is 6.92 Å². The fraction of sp³-hybridized carbons (Fsp3) is 0.318. The van der Waals surface area contributed by atoms with E-state index in [2.05, 4.69) is 4.98 Å². The second-order valence-electron chi connectivity index (χ2n) is 6.98. The first-order valence-corrected chi connectivity index (χ1v) is 9.66. The molecule has 0 aliphatic carbocycles. The molecule has 3 aromatic rings. The Kier molecular flexibility index (Phi) is 5.57. The largest absolute Gasteiger partial charge is 0.485 e. The highest BCUT2D eigenvalue weighted by Gasteiger charge is 2.20. The van der Waals surface area contributed by atoms with Crippen molar-refractivity contribution in [3.8, 4) is 5.75 Å². The third-order valence-electron chi connectivity index (χ3n) is 5.05. The number of nitrogens with zero attached hydrogens (tertiary/aromatic N) is 3. The molecule has 1 saturated heterocycles. The average Bonchev–Trinajstić information content (AvgIpc) is 2.76. The molecule has 29 heavy (non-hydrogen) atoms. The Hall–Kier alpha value is -3.19. The van der Waals surface area contributed by atoms with E-state index in [0.717, 1.165) is 11.3 Å². The Morgan fingerprint density at radius 2 is 1.83 bits per heavy atom. The van der Waals surface area contributed by atoms with Gasteiger partial charge in [-0.1, -0.05) is 30.3 Å². The number of hydrogen-bond acceptors (Lipinski definition) is 5. The van der Waals surface area contributed by atoms with E-state index in [4.69, 9.17) is 9.47 Å². The summed E-state index contributed by atoms with van der Waals surface area (Å²) in [5.41, 5.74) is 1.35. The van der Waals surface area contributed by atoms with Gasteiger partial charge in [0.1, 0.15) is 18.9 Å². The van der Waals surface area contributed by atoms with E-state index in [1.54, 1.807) is 23.1 Å². The monoisotopic (exact) mass is 393 g/mol. The van der Waals surface area contributed by atoms with Crippen LogP contribution in [0.25, 0.3) is 10.9 Å². The van der Waals surface area contributed by atoms with Crippen LogP contribution in [-0.2, 0) is 22.7 Å². The van der Waals surface area contributed by atoms with Gasteiger partial charge < -0.3 is 14.4 Å². The van der Waals surface area contributed by atoms with E-state index < -0.39 is 0 Å². The number of benzene rings is 2. The van der Waals surface area contributed by atoms with E-state index in [0.29, 0.717) is 43.0 Å². The molecule has 0 N–H and O–H groups in total. The maximum absolute atomic E-state index is 13.1. The zero-order chi connectivity index (χ0) is 20.2. The molecule has 2 heterocycles. The van der Waals surface area contributed by atoms with Gasteiger partial charge in [0, 0.05) is 13.1 Å². The van der Waals surface area contributed by atoms with Crippen molar-refractivity contribution in [1.29, 1.82) is 0 Å². The number of hydrogen-bond donors (Lipinski definition) is 0. The highest BCUT2D eigenvalue weighted by atomic mass is 16.5. The summed E-state index contributed by atoms with van der Waals surface area (Å²) in [4.78, 5) is 32.2. The minimum Gasteiger partial charge on any atom is -0.485 e. The SMILES string of the molecule is Cc1ccccc1OCc1nc2ccccc2c(=O)n1CC(=O)N1CCOCC1. The van der Waals surface area contributed by atoms with Crippen molar-refractivity contribution in [2.45, 2.75) is 20.1 Å². The predicted molar refractivity (Wildman–Crippen MR) is 109 cm³/mol. The molecule has 1 aliphatic heterocycles. The number of rotatable bonds is 5. The summed E-state index contributed by atoms with van der Waals surface area (Å²) in [5, 5.41) is 0.488. The first kappa shape index (κ1) is 19.1. The summed E-state index contributed by atoms with van der Waals surface area (Å²) < 4.78 is 12.7. The molecule has 0 saturated carbocycles. The van der Waals surface area contributed by atoms with Gasteiger partial charge in [-0.2, -0.15) is 0 Å². The fourth-order valence-electron chi connectivity index (χ4n) is 3.40. The topological polar surface area (TPSA) is 73.7 Å². The van der Waals surface area contributed by atoms with E-state index >= 15 is 0 Å². The molecule has 0 radical (unpaired) electrons. The lowest BCUT2D eigenvalue weighted by Crippen LogP contribution is -2.44. The van der Waals surface area contributed by atoms with E-state index in [9.17, 15) is 9.59 Å². The molecule has 1 aromatic heterocycles. The van der Waals surface area contributed by atoms with Gasteiger partial charge in [0.2, 0.25) is 5.91 Å². The first-order chi connectivity index (χ1) is 14.1. The number of fused-ring (bicyclic) bond motifs is 1. The molecule has 0 unspecified atom stereocenters. The summed E-state index contributed by atoms with van der Waals surface area (Å²) in [6.07, 6.45) is 0. The lowest BCUT2D eigenvalue weighted by Gasteiger charge is -2.27. The molecule has 0 spiro atoms.